The SMILES string of the molecule is COc1ccc(C2(C(C)=O)CCC2)c(OC)c1. The highest BCUT2D eigenvalue weighted by Crippen LogP contribution is 2.48. The van der Waals surface area contributed by atoms with Gasteiger partial charge in [0.05, 0.1) is 19.6 Å². The second-order valence-corrected chi connectivity index (χ2v) is 4.56. The maximum absolute atomic E-state index is 11.9. The molecule has 0 spiro atoms. The molecule has 0 N–H and O–H groups in total. The van der Waals surface area contributed by atoms with Crippen LogP contribution in [0.4, 0.5) is 0 Å². The molecule has 3 heteroatoms. The normalized spacial score (nSPS) is 17.1. The number of carbonyl (C=O) groups is 1. The molecule has 0 unspecified atom stereocenters. The molecule has 92 valence electrons. The summed E-state index contributed by atoms with van der Waals surface area (Å²) in [6.07, 6.45) is 2.95. The Morgan fingerprint density at radius 2 is 1.94 bits per heavy atom. The zero-order chi connectivity index (χ0) is 12.5. The van der Waals surface area contributed by atoms with Gasteiger partial charge in [-0.2, -0.15) is 0 Å². The molecule has 17 heavy (non-hydrogen) atoms. The van der Waals surface area contributed by atoms with E-state index in [0.717, 1.165) is 36.3 Å². The molecule has 1 aliphatic carbocycles. The van der Waals surface area contributed by atoms with Crippen molar-refractivity contribution in [3.05, 3.63) is 23.8 Å². The Morgan fingerprint density at radius 3 is 2.35 bits per heavy atom. The first kappa shape index (κ1) is 12.0. The van der Waals surface area contributed by atoms with Crippen LogP contribution >= 0.6 is 0 Å². The van der Waals surface area contributed by atoms with Crippen molar-refractivity contribution >= 4 is 5.78 Å². The van der Waals surface area contributed by atoms with Crippen LogP contribution in [-0.2, 0) is 10.2 Å². The summed E-state index contributed by atoms with van der Waals surface area (Å²) in [5, 5.41) is 0. The van der Waals surface area contributed by atoms with Crippen molar-refractivity contribution in [2.24, 2.45) is 0 Å². The average molecular weight is 234 g/mol. The van der Waals surface area contributed by atoms with Gasteiger partial charge in [0, 0.05) is 11.6 Å². The molecule has 0 radical (unpaired) electrons. The Bertz CT molecular complexity index is 433. The lowest BCUT2D eigenvalue weighted by Crippen LogP contribution is -2.41. The smallest absolute Gasteiger partial charge is 0.140 e. The molecular formula is C14H18O3. The first-order valence-corrected chi connectivity index (χ1v) is 5.87. The number of ketones is 1. The van der Waals surface area contributed by atoms with Gasteiger partial charge < -0.3 is 9.47 Å². The second-order valence-electron chi connectivity index (χ2n) is 4.56. The molecule has 1 aromatic carbocycles. The quantitative estimate of drug-likeness (QED) is 0.803. The molecule has 2 rings (SSSR count). The number of hydrogen-bond donors (Lipinski definition) is 0. The van der Waals surface area contributed by atoms with Crippen molar-refractivity contribution in [2.75, 3.05) is 14.2 Å². The Labute approximate surface area is 102 Å². The van der Waals surface area contributed by atoms with Gasteiger partial charge in [-0.25, -0.2) is 0 Å². The summed E-state index contributed by atoms with van der Waals surface area (Å²) in [5.74, 6) is 1.73. The molecule has 0 aromatic heterocycles. The minimum atomic E-state index is -0.322. The van der Waals surface area contributed by atoms with Crippen LogP contribution in [0.5, 0.6) is 11.5 Å². The van der Waals surface area contributed by atoms with Crippen molar-refractivity contribution < 1.29 is 14.3 Å². The van der Waals surface area contributed by atoms with Gasteiger partial charge in [0.2, 0.25) is 0 Å². The highest BCUT2D eigenvalue weighted by molar-refractivity contribution is 5.90. The molecular weight excluding hydrogens is 216 g/mol. The van der Waals surface area contributed by atoms with E-state index in [-0.39, 0.29) is 11.2 Å². The van der Waals surface area contributed by atoms with E-state index in [0.29, 0.717) is 0 Å². The minimum Gasteiger partial charge on any atom is -0.497 e. The second kappa shape index (κ2) is 4.40. The van der Waals surface area contributed by atoms with Gasteiger partial charge in [0.25, 0.3) is 0 Å². The van der Waals surface area contributed by atoms with E-state index in [4.69, 9.17) is 9.47 Å². The highest BCUT2D eigenvalue weighted by atomic mass is 16.5. The third-order valence-corrected chi connectivity index (χ3v) is 3.81. The van der Waals surface area contributed by atoms with Gasteiger partial charge in [0.15, 0.2) is 0 Å². The fourth-order valence-corrected chi connectivity index (χ4v) is 2.54. The number of carbonyl (C=O) groups excluding carboxylic acids is 1. The largest absolute Gasteiger partial charge is 0.497 e. The molecule has 3 nitrogen and oxygen atoms in total. The van der Waals surface area contributed by atoms with Gasteiger partial charge in [-0.3, -0.25) is 4.79 Å². The van der Waals surface area contributed by atoms with Crippen LogP contribution < -0.4 is 9.47 Å². The van der Waals surface area contributed by atoms with E-state index in [2.05, 4.69) is 0 Å². The maximum atomic E-state index is 11.9. The summed E-state index contributed by atoms with van der Waals surface area (Å²) in [4.78, 5) is 11.9. The molecule has 0 atom stereocenters. The van der Waals surface area contributed by atoms with E-state index in [1.807, 2.05) is 18.2 Å². The number of methoxy groups -OCH3 is 2. The standard InChI is InChI=1S/C14H18O3/c1-10(15)14(7-4-8-14)12-6-5-11(16-2)9-13(12)17-3/h5-6,9H,4,7-8H2,1-3H3. The van der Waals surface area contributed by atoms with E-state index >= 15 is 0 Å². The Kier molecular flexibility index (Phi) is 3.09. The van der Waals surface area contributed by atoms with Crippen LogP contribution in [0.3, 0.4) is 0 Å². The zero-order valence-electron chi connectivity index (χ0n) is 10.6. The topological polar surface area (TPSA) is 35.5 Å². The predicted octanol–water partition coefficient (Wildman–Crippen LogP) is 2.71. The third-order valence-electron chi connectivity index (χ3n) is 3.81. The zero-order valence-corrected chi connectivity index (χ0v) is 10.6. The molecule has 0 amide bonds. The lowest BCUT2D eigenvalue weighted by atomic mass is 9.62. The number of Topliss-reactive ketones (excluding diaryl/α,β-unsaturated/α-hetero) is 1. The summed E-state index contributed by atoms with van der Waals surface area (Å²) in [7, 11) is 3.25. The molecule has 0 bridgehead atoms. The Morgan fingerprint density at radius 1 is 1.24 bits per heavy atom. The molecule has 1 aromatic rings. The number of rotatable bonds is 4. The van der Waals surface area contributed by atoms with Gasteiger partial charge in [-0.15, -0.1) is 0 Å². The van der Waals surface area contributed by atoms with Crippen molar-refractivity contribution in [1.29, 1.82) is 0 Å². The van der Waals surface area contributed by atoms with Crippen molar-refractivity contribution in [2.45, 2.75) is 31.6 Å². The van der Waals surface area contributed by atoms with E-state index in [9.17, 15) is 4.79 Å². The summed E-state index contributed by atoms with van der Waals surface area (Å²) >= 11 is 0. The number of benzene rings is 1. The summed E-state index contributed by atoms with van der Waals surface area (Å²) in [6.45, 7) is 1.67. The highest BCUT2D eigenvalue weighted by Gasteiger charge is 2.44. The van der Waals surface area contributed by atoms with E-state index < -0.39 is 0 Å². The maximum Gasteiger partial charge on any atom is 0.140 e. The van der Waals surface area contributed by atoms with E-state index in [1.54, 1.807) is 21.1 Å². The van der Waals surface area contributed by atoms with Gasteiger partial charge in [0.1, 0.15) is 17.3 Å². The molecule has 1 saturated carbocycles. The number of ether oxygens (including phenoxy) is 2. The van der Waals surface area contributed by atoms with Crippen LogP contribution in [0.1, 0.15) is 31.7 Å². The van der Waals surface area contributed by atoms with Gasteiger partial charge >= 0.3 is 0 Å². The monoisotopic (exact) mass is 234 g/mol. The van der Waals surface area contributed by atoms with Crippen LogP contribution in [0.25, 0.3) is 0 Å². The molecule has 0 saturated heterocycles. The van der Waals surface area contributed by atoms with Crippen LogP contribution in [0.2, 0.25) is 0 Å². The fraction of sp³-hybridized carbons (Fsp3) is 0.500. The first-order valence-electron chi connectivity index (χ1n) is 5.87. The Balaban J connectivity index is 2.47. The molecule has 0 heterocycles. The fourth-order valence-electron chi connectivity index (χ4n) is 2.54. The van der Waals surface area contributed by atoms with Crippen molar-refractivity contribution in [1.82, 2.24) is 0 Å². The van der Waals surface area contributed by atoms with E-state index in [1.165, 1.54) is 0 Å². The summed E-state index contributed by atoms with van der Waals surface area (Å²) in [5.41, 5.74) is 0.678. The first-order chi connectivity index (χ1) is 8.14. The lowest BCUT2D eigenvalue weighted by Gasteiger charge is -2.40. The van der Waals surface area contributed by atoms with Crippen LogP contribution in [0.15, 0.2) is 18.2 Å². The Hall–Kier alpha value is -1.51. The van der Waals surface area contributed by atoms with Crippen molar-refractivity contribution in [3.8, 4) is 11.5 Å². The minimum absolute atomic E-state index is 0.229. The molecule has 0 aliphatic heterocycles. The number of hydrogen-bond acceptors (Lipinski definition) is 3. The van der Waals surface area contributed by atoms with Crippen LogP contribution in [-0.4, -0.2) is 20.0 Å². The third kappa shape index (κ3) is 1.79. The molecule has 1 aliphatic rings. The van der Waals surface area contributed by atoms with Crippen LogP contribution in [0, 0.1) is 0 Å². The lowest BCUT2D eigenvalue weighted by molar-refractivity contribution is -0.125. The van der Waals surface area contributed by atoms with Gasteiger partial charge in [-0.1, -0.05) is 12.5 Å². The van der Waals surface area contributed by atoms with Crippen molar-refractivity contribution in [3.63, 3.8) is 0 Å². The predicted molar refractivity (Wildman–Crippen MR) is 65.8 cm³/mol. The molecule has 1 fully saturated rings. The van der Waals surface area contributed by atoms with Gasteiger partial charge in [-0.05, 0) is 25.8 Å². The summed E-state index contributed by atoms with van der Waals surface area (Å²) in [6, 6.07) is 5.69. The summed E-state index contributed by atoms with van der Waals surface area (Å²) < 4.78 is 10.6. The average Bonchev–Trinajstić information content (AvgIpc) is 2.27.